The number of H-pyrrole nitrogens is 1. The van der Waals surface area contributed by atoms with Crippen LogP contribution in [-0.4, -0.2) is 41.2 Å². The van der Waals surface area contributed by atoms with Crippen molar-refractivity contribution in [3.8, 4) is 5.75 Å². The van der Waals surface area contributed by atoms with Gasteiger partial charge in [-0.05, 0) is 57.2 Å². The van der Waals surface area contributed by atoms with Gasteiger partial charge in [0.2, 0.25) is 0 Å². The molecule has 0 saturated carbocycles. The second-order valence-electron chi connectivity index (χ2n) is 8.00. The largest absolute Gasteiger partial charge is 0.496 e. The Hall–Kier alpha value is -2.11. The van der Waals surface area contributed by atoms with E-state index in [0.717, 1.165) is 53.7 Å². The normalized spacial score (nSPS) is 28.3. The van der Waals surface area contributed by atoms with Crippen LogP contribution in [0.5, 0.6) is 5.75 Å². The fraction of sp³-hybridized carbons (Fsp3) is 0.500. The number of fused-ring (bicyclic) bond motifs is 4. The molecule has 3 aliphatic rings. The van der Waals surface area contributed by atoms with Crippen LogP contribution >= 0.6 is 0 Å². The maximum Gasteiger partial charge on any atom is 0.251 e. The molecule has 2 bridgehead atoms. The van der Waals surface area contributed by atoms with Crippen LogP contribution in [-0.2, 0) is 0 Å². The monoisotopic (exact) mass is 368 g/mol. The predicted octanol–water partition coefficient (Wildman–Crippen LogP) is 3.08. The molecule has 3 saturated heterocycles. The van der Waals surface area contributed by atoms with E-state index in [9.17, 15) is 9.90 Å². The molecule has 0 radical (unpaired) electrons. The molecule has 2 unspecified atom stereocenters. The topological polar surface area (TPSA) is 65.6 Å². The predicted molar refractivity (Wildman–Crippen MR) is 107 cm³/mol. The molecule has 5 nitrogen and oxygen atoms in total. The number of rotatable bonds is 4. The van der Waals surface area contributed by atoms with E-state index < -0.39 is 6.10 Å². The lowest BCUT2D eigenvalue weighted by Gasteiger charge is -2.50. The van der Waals surface area contributed by atoms with Gasteiger partial charge in [0, 0.05) is 40.2 Å². The lowest BCUT2D eigenvalue weighted by Crippen LogP contribution is -2.55. The summed E-state index contributed by atoms with van der Waals surface area (Å²) in [6, 6.07) is 3.76. The number of nitrogens with one attached hydrogen (secondary N) is 1. The number of nitrogens with zero attached hydrogens (tertiary/aromatic N) is 1. The van der Waals surface area contributed by atoms with Crippen molar-refractivity contribution in [3.63, 3.8) is 0 Å². The van der Waals surface area contributed by atoms with Crippen molar-refractivity contribution in [2.75, 3.05) is 20.2 Å². The van der Waals surface area contributed by atoms with Gasteiger partial charge in [0.15, 0.2) is 0 Å². The summed E-state index contributed by atoms with van der Waals surface area (Å²) in [6.45, 7) is 9.71. The van der Waals surface area contributed by atoms with Crippen LogP contribution < -0.4 is 10.3 Å². The van der Waals surface area contributed by atoms with E-state index in [1.807, 2.05) is 19.1 Å². The minimum atomic E-state index is -0.700. The van der Waals surface area contributed by atoms with Gasteiger partial charge < -0.3 is 14.8 Å². The van der Waals surface area contributed by atoms with Crippen LogP contribution in [0, 0.1) is 25.7 Å². The summed E-state index contributed by atoms with van der Waals surface area (Å²) in [5.74, 6) is 1.83. The van der Waals surface area contributed by atoms with Gasteiger partial charge in [-0.1, -0.05) is 6.08 Å². The van der Waals surface area contributed by atoms with E-state index in [1.54, 1.807) is 14.0 Å². The SMILES string of the molecule is C=C[C@H]1CN2CCC1C[C@H]2[C@H](O)c1c(C)c(=O)[nH]c2ccc(OC)c(C)c12. The number of hydrogen-bond donors (Lipinski definition) is 2. The number of aliphatic hydroxyl groups excluding tert-OH is 1. The lowest BCUT2D eigenvalue weighted by molar-refractivity contribution is -0.0447. The average Bonchev–Trinajstić information content (AvgIpc) is 2.69. The van der Waals surface area contributed by atoms with E-state index in [-0.39, 0.29) is 11.6 Å². The molecule has 4 heterocycles. The van der Waals surface area contributed by atoms with E-state index in [4.69, 9.17) is 4.74 Å². The molecule has 3 aliphatic heterocycles. The van der Waals surface area contributed by atoms with Crippen molar-refractivity contribution in [3.05, 3.63) is 51.8 Å². The van der Waals surface area contributed by atoms with Gasteiger partial charge in [-0.3, -0.25) is 9.69 Å². The van der Waals surface area contributed by atoms with Crippen molar-refractivity contribution >= 4 is 10.9 Å². The summed E-state index contributed by atoms with van der Waals surface area (Å²) >= 11 is 0. The molecule has 0 amide bonds. The summed E-state index contributed by atoms with van der Waals surface area (Å²) in [7, 11) is 1.64. The Balaban J connectivity index is 1.84. The minimum absolute atomic E-state index is 0.0363. The number of benzene rings is 1. The maximum absolute atomic E-state index is 12.5. The molecule has 2 aromatic rings. The standard InChI is InChI=1S/C22H28N2O3/c1-5-14-11-24-9-8-15(14)10-17(24)21(25)20-13(3)22(26)23-16-6-7-18(27-4)12(2)19(16)20/h5-7,14-15,17,21,25H,1,8-11H2,2-4H3,(H,23,26)/t14-,15?,17-,21-/m0/s1. The van der Waals surface area contributed by atoms with Gasteiger partial charge in [-0.15, -0.1) is 6.58 Å². The van der Waals surface area contributed by atoms with Crippen LogP contribution in [0.15, 0.2) is 29.6 Å². The number of piperidine rings is 3. The van der Waals surface area contributed by atoms with Crippen LogP contribution in [0.3, 0.4) is 0 Å². The number of pyridine rings is 1. The smallest absolute Gasteiger partial charge is 0.251 e. The zero-order valence-corrected chi connectivity index (χ0v) is 16.3. The molecule has 27 heavy (non-hydrogen) atoms. The second-order valence-corrected chi connectivity index (χ2v) is 8.00. The summed E-state index contributed by atoms with van der Waals surface area (Å²) in [4.78, 5) is 17.9. The first kappa shape index (κ1) is 18.3. The first-order chi connectivity index (χ1) is 13.0. The summed E-state index contributed by atoms with van der Waals surface area (Å²) in [5, 5.41) is 12.4. The third kappa shape index (κ3) is 2.80. The van der Waals surface area contributed by atoms with Crippen LogP contribution in [0.4, 0.5) is 0 Å². The number of aromatic amines is 1. The zero-order valence-electron chi connectivity index (χ0n) is 16.3. The Morgan fingerprint density at radius 3 is 2.78 bits per heavy atom. The molecule has 5 heteroatoms. The molecule has 5 atom stereocenters. The maximum atomic E-state index is 12.5. The van der Waals surface area contributed by atoms with Crippen molar-refractivity contribution < 1.29 is 9.84 Å². The molecule has 1 aromatic carbocycles. The first-order valence-corrected chi connectivity index (χ1v) is 9.71. The molecule has 3 fully saturated rings. The third-order valence-electron chi connectivity index (χ3n) is 6.71. The van der Waals surface area contributed by atoms with Gasteiger partial charge in [-0.2, -0.15) is 0 Å². The van der Waals surface area contributed by atoms with Crippen molar-refractivity contribution in [2.45, 2.75) is 38.8 Å². The van der Waals surface area contributed by atoms with Gasteiger partial charge in [0.05, 0.1) is 13.2 Å². The molecule has 0 aliphatic carbocycles. The molecule has 0 spiro atoms. The van der Waals surface area contributed by atoms with E-state index in [2.05, 4.69) is 22.5 Å². The van der Waals surface area contributed by atoms with Gasteiger partial charge in [0.1, 0.15) is 5.75 Å². The third-order valence-corrected chi connectivity index (χ3v) is 6.71. The molecular weight excluding hydrogens is 340 g/mol. The second kappa shape index (κ2) is 6.80. The van der Waals surface area contributed by atoms with Crippen molar-refractivity contribution in [2.24, 2.45) is 11.8 Å². The van der Waals surface area contributed by atoms with Crippen LogP contribution in [0.1, 0.15) is 35.6 Å². The van der Waals surface area contributed by atoms with Crippen molar-refractivity contribution in [1.82, 2.24) is 9.88 Å². The highest BCUT2D eigenvalue weighted by Gasteiger charge is 2.42. The minimum Gasteiger partial charge on any atom is -0.496 e. The average molecular weight is 368 g/mol. The highest BCUT2D eigenvalue weighted by molar-refractivity contribution is 5.88. The van der Waals surface area contributed by atoms with Crippen LogP contribution in [0.2, 0.25) is 0 Å². The Kier molecular flexibility index (Phi) is 4.60. The van der Waals surface area contributed by atoms with E-state index in [1.165, 1.54) is 0 Å². The molecule has 1 aromatic heterocycles. The first-order valence-electron chi connectivity index (χ1n) is 9.71. The van der Waals surface area contributed by atoms with E-state index >= 15 is 0 Å². The Bertz CT molecular complexity index is 949. The number of aromatic nitrogens is 1. The molecular formula is C22H28N2O3. The Morgan fingerprint density at radius 1 is 1.37 bits per heavy atom. The fourth-order valence-corrected chi connectivity index (χ4v) is 5.16. The van der Waals surface area contributed by atoms with Crippen molar-refractivity contribution in [1.29, 1.82) is 0 Å². The van der Waals surface area contributed by atoms with E-state index in [0.29, 0.717) is 17.4 Å². The zero-order chi connectivity index (χ0) is 19.3. The van der Waals surface area contributed by atoms with Gasteiger partial charge in [-0.25, -0.2) is 0 Å². The highest BCUT2D eigenvalue weighted by atomic mass is 16.5. The molecule has 144 valence electrons. The lowest BCUT2D eigenvalue weighted by atomic mass is 9.73. The summed E-state index contributed by atoms with van der Waals surface area (Å²) in [5.41, 5.74) is 2.90. The number of ether oxygens (including phenoxy) is 1. The Morgan fingerprint density at radius 2 is 2.15 bits per heavy atom. The summed E-state index contributed by atoms with van der Waals surface area (Å²) in [6.07, 6.45) is 3.45. The quantitative estimate of drug-likeness (QED) is 0.814. The number of methoxy groups -OCH3 is 1. The molecule has 5 rings (SSSR count). The number of aliphatic hydroxyl groups is 1. The molecule has 2 N–H and O–H groups in total. The number of hydrogen-bond acceptors (Lipinski definition) is 4. The number of aryl methyl sites for hydroxylation is 1. The Labute approximate surface area is 159 Å². The fourth-order valence-electron chi connectivity index (χ4n) is 5.16. The van der Waals surface area contributed by atoms with Crippen LogP contribution in [0.25, 0.3) is 10.9 Å². The van der Waals surface area contributed by atoms with Gasteiger partial charge in [0.25, 0.3) is 5.56 Å². The summed E-state index contributed by atoms with van der Waals surface area (Å²) < 4.78 is 5.49. The van der Waals surface area contributed by atoms with Gasteiger partial charge >= 0.3 is 0 Å². The highest BCUT2D eigenvalue weighted by Crippen LogP contribution is 2.43.